The van der Waals surface area contributed by atoms with Gasteiger partial charge in [0.25, 0.3) is 5.56 Å². The van der Waals surface area contributed by atoms with Crippen LogP contribution in [-0.4, -0.2) is 20.7 Å². The molecule has 3 aromatic rings. The first-order valence-corrected chi connectivity index (χ1v) is 10.3. The fourth-order valence-corrected chi connectivity index (χ4v) is 4.00. The molecule has 1 atom stereocenters. The lowest BCUT2D eigenvalue weighted by atomic mass is 10.2. The summed E-state index contributed by atoms with van der Waals surface area (Å²) in [6, 6.07) is 14.1. The van der Waals surface area contributed by atoms with Crippen LogP contribution >= 0.6 is 27.7 Å². The highest BCUT2D eigenvalue weighted by Crippen LogP contribution is 2.25. The van der Waals surface area contributed by atoms with Crippen molar-refractivity contribution >= 4 is 50.2 Å². The average molecular weight is 457 g/mol. The van der Waals surface area contributed by atoms with Crippen molar-refractivity contribution < 1.29 is 4.79 Å². The van der Waals surface area contributed by atoms with E-state index in [1.807, 2.05) is 19.1 Å². The zero-order chi connectivity index (χ0) is 20.3. The number of benzene rings is 2. The Morgan fingerprint density at radius 2 is 2.14 bits per heavy atom. The molecular formula is C20H17BrN4O2S. The van der Waals surface area contributed by atoms with Crippen molar-refractivity contribution in [3.8, 4) is 6.07 Å². The summed E-state index contributed by atoms with van der Waals surface area (Å²) in [5.74, 6) is -0.229. The Morgan fingerprint density at radius 3 is 2.86 bits per heavy atom. The molecule has 0 unspecified atom stereocenters. The summed E-state index contributed by atoms with van der Waals surface area (Å²) in [6.07, 6.45) is 0. The Hall–Kier alpha value is -2.63. The van der Waals surface area contributed by atoms with E-state index in [0.717, 1.165) is 4.47 Å². The SMILES string of the molecule is CCn1c(S[C@@H](C)C(=O)Nc2cccc(C#N)c2)nc2ccc(Br)cc2c1=O. The minimum Gasteiger partial charge on any atom is -0.325 e. The molecule has 1 heterocycles. The molecule has 142 valence electrons. The Balaban J connectivity index is 1.86. The number of nitriles is 1. The normalized spacial score (nSPS) is 11.8. The molecule has 1 N–H and O–H groups in total. The minimum atomic E-state index is -0.483. The van der Waals surface area contributed by atoms with E-state index < -0.39 is 5.25 Å². The van der Waals surface area contributed by atoms with Gasteiger partial charge in [-0.25, -0.2) is 4.98 Å². The van der Waals surface area contributed by atoms with Crippen LogP contribution in [0.2, 0.25) is 0 Å². The first-order chi connectivity index (χ1) is 13.4. The van der Waals surface area contributed by atoms with E-state index in [9.17, 15) is 9.59 Å². The van der Waals surface area contributed by atoms with Crippen LogP contribution in [0.4, 0.5) is 5.69 Å². The van der Waals surface area contributed by atoms with Crippen molar-refractivity contribution in [3.05, 3.63) is 62.9 Å². The number of carbonyl (C=O) groups excluding carboxylic acids is 1. The third kappa shape index (κ3) is 4.26. The third-order valence-electron chi connectivity index (χ3n) is 4.11. The number of rotatable bonds is 5. The number of nitrogens with zero attached hydrogens (tertiary/aromatic N) is 3. The van der Waals surface area contributed by atoms with Gasteiger partial charge in [-0.05, 0) is 50.2 Å². The van der Waals surface area contributed by atoms with Crippen LogP contribution in [0.3, 0.4) is 0 Å². The highest BCUT2D eigenvalue weighted by Gasteiger charge is 2.19. The van der Waals surface area contributed by atoms with Crippen molar-refractivity contribution in [2.45, 2.75) is 30.8 Å². The van der Waals surface area contributed by atoms with Gasteiger partial charge in [0.15, 0.2) is 5.16 Å². The summed E-state index contributed by atoms with van der Waals surface area (Å²) >= 11 is 4.61. The fourth-order valence-electron chi connectivity index (χ4n) is 2.66. The molecule has 8 heteroatoms. The van der Waals surface area contributed by atoms with Gasteiger partial charge in [0.2, 0.25) is 5.91 Å². The molecule has 2 aromatic carbocycles. The van der Waals surface area contributed by atoms with Crippen LogP contribution in [-0.2, 0) is 11.3 Å². The van der Waals surface area contributed by atoms with Gasteiger partial charge in [-0.1, -0.05) is 33.8 Å². The van der Waals surface area contributed by atoms with E-state index in [1.54, 1.807) is 47.9 Å². The van der Waals surface area contributed by atoms with Crippen LogP contribution in [0.25, 0.3) is 10.9 Å². The molecule has 6 nitrogen and oxygen atoms in total. The number of anilines is 1. The zero-order valence-electron chi connectivity index (χ0n) is 15.3. The monoisotopic (exact) mass is 456 g/mol. The third-order valence-corrected chi connectivity index (χ3v) is 5.69. The molecule has 0 saturated carbocycles. The topological polar surface area (TPSA) is 87.8 Å². The van der Waals surface area contributed by atoms with E-state index in [0.29, 0.717) is 33.9 Å². The fraction of sp³-hybridized carbons (Fsp3) is 0.200. The molecule has 0 aliphatic rings. The molecule has 1 aromatic heterocycles. The second-order valence-corrected chi connectivity index (χ2v) is 8.27. The van der Waals surface area contributed by atoms with Gasteiger partial charge in [-0.3, -0.25) is 14.2 Å². The van der Waals surface area contributed by atoms with Crippen molar-refractivity contribution in [2.24, 2.45) is 0 Å². The molecule has 0 fully saturated rings. The van der Waals surface area contributed by atoms with Crippen molar-refractivity contribution in [2.75, 3.05) is 5.32 Å². The molecule has 0 radical (unpaired) electrons. The summed E-state index contributed by atoms with van der Waals surface area (Å²) in [6.45, 7) is 4.08. The summed E-state index contributed by atoms with van der Waals surface area (Å²) in [7, 11) is 0. The number of amides is 1. The summed E-state index contributed by atoms with van der Waals surface area (Å²) in [5.41, 5.74) is 1.49. The number of carbonyl (C=O) groups is 1. The van der Waals surface area contributed by atoms with Gasteiger partial charge in [0, 0.05) is 16.7 Å². The standard InChI is InChI=1S/C20H17BrN4O2S/c1-3-25-19(27)16-10-14(21)7-8-17(16)24-20(25)28-12(2)18(26)23-15-6-4-5-13(9-15)11-22/h4-10,12H,3H2,1-2H3,(H,23,26)/t12-/m0/s1. The maximum absolute atomic E-state index is 12.8. The molecule has 28 heavy (non-hydrogen) atoms. The lowest BCUT2D eigenvalue weighted by molar-refractivity contribution is -0.115. The van der Waals surface area contributed by atoms with Crippen molar-refractivity contribution in [1.82, 2.24) is 9.55 Å². The number of fused-ring (bicyclic) bond motifs is 1. The summed E-state index contributed by atoms with van der Waals surface area (Å²) in [4.78, 5) is 30.0. The van der Waals surface area contributed by atoms with Gasteiger partial charge < -0.3 is 5.32 Å². The molecular weight excluding hydrogens is 440 g/mol. The number of halogens is 1. The molecule has 0 aliphatic carbocycles. The Kier molecular flexibility index (Phi) is 6.17. The largest absolute Gasteiger partial charge is 0.325 e. The first kappa shape index (κ1) is 20.1. The average Bonchev–Trinajstić information content (AvgIpc) is 2.69. The van der Waals surface area contributed by atoms with Gasteiger partial charge in [0.1, 0.15) is 0 Å². The molecule has 1 amide bonds. The molecule has 0 spiro atoms. The Bertz CT molecular complexity index is 1150. The second kappa shape index (κ2) is 8.59. The Labute approximate surface area is 174 Å². The zero-order valence-corrected chi connectivity index (χ0v) is 17.7. The second-order valence-electron chi connectivity index (χ2n) is 6.05. The van der Waals surface area contributed by atoms with Gasteiger partial charge in [0.05, 0.1) is 27.8 Å². The van der Waals surface area contributed by atoms with Crippen LogP contribution in [0, 0.1) is 11.3 Å². The van der Waals surface area contributed by atoms with E-state index in [2.05, 4.69) is 26.2 Å². The molecule has 3 rings (SSSR count). The highest BCUT2D eigenvalue weighted by molar-refractivity contribution is 9.10. The lowest BCUT2D eigenvalue weighted by Crippen LogP contribution is -2.26. The van der Waals surface area contributed by atoms with Crippen molar-refractivity contribution in [1.29, 1.82) is 5.26 Å². The van der Waals surface area contributed by atoms with Gasteiger partial charge >= 0.3 is 0 Å². The number of hydrogen-bond acceptors (Lipinski definition) is 5. The van der Waals surface area contributed by atoms with Crippen LogP contribution in [0.15, 0.2) is 56.9 Å². The lowest BCUT2D eigenvalue weighted by Gasteiger charge is -2.15. The molecule has 0 saturated heterocycles. The predicted octanol–water partition coefficient (Wildman–Crippen LogP) is 4.17. The van der Waals surface area contributed by atoms with Gasteiger partial charge in [-0.2, -0.15) is 5.26 Å². The quantitative estimate of drug-likeness (QED) is 0.459. The summed E-state index contributed by atoms with van der Waals surface area (Å²) in [5, 5.41) is 12.3. The Morgan fingerprint density at radius 1 is 1.36 bits per heavy atom. The van der Waals surface area contributed by atoms with E-state index >= 15 is 0 Å². The van der Waals surface area contributed by atoms with E-state index in [1.165, 1.54) is 11.8 Å². The number of nitrogens with one attached hydrogen (secondary N) is 1. The van der Waals surface area contributed by atoms with Crippen LogP contribution in [0.1, 0.15) is 19.4 Å². The highest BCUT2D eigenvalue weighted by atomic mass is 79.9. The number of hydrogen-bond donors (Lipinski definition) is 1. The smallest absolute Gasteiger partial charge is 0.262 e. The maximum Gasteiger partial charge on any atom is 0.262 e. The van der Waals surface area contributed by atoms with E-state index in [-0.39, 0.29) is 11.5 Å². The van der Waals surface area contributed by atoms with Gasteiger partial charge in [-0.15, -0.1) is 0 Å². The molecule has 0 bridgehead atoms. The molecule has 0 aliphatic heterocycles. The van der Waals surface area contributed by atoms with Crippen LogP contribution < -0.4 is 10.9 Å². The minimum absolute atomic E-state index is 0.134. The maximum atomic E-state index is 12.8. The number of aromatic nitrogens is 2. The van der Waals surface area contributed by atoms with Crippen molar-refractivity contribution in [3.63, 3.8) is 0 Å². The van der Waals surface area contributed by atoms with E-state index in [4.69, 9.17) is 5.26 Å². The predicted molar refractivity (Wildman–Crippen MR) is 114 cm³/mol. The summed E-state index contributed by atoms with van der Waals surface area (Å²) < 4.78 is 2.38. The first-order valence-electron chi connectivity index (χ1n) is 8.60. The van der Waals surface area contributed by atoms with Crippen LogP contribution in [0.5, 0.6) is 0 Å². The number of thioether (sulfide) groups is 1.